The van der Waals surface area contributed by atoms with Crippen molar-refractivity contribution >= 4 is 73.6 Å². The monoisotopic (exact) mass is 685 g/mol. The molecule has 0 bridgehead atoms. The van der Waals surface area contributed by atoms with Crippen molar-refractivity contribution in [2.24, 2.45) is 0 Å². The normalized spacial score (nSPS) is 12.0. The van der Waals surface area contributed by atoms with Crippen LogP contribution in [-0.2, 0) is 9.59 Å². The average Bonchev–Trinajstić information content (AvgIpc) is 3.71. The highest BCUT2D eigenvalue weighted by Gasteiger charge is 2.21. The number of nitrogens with zero attached hydrogens (tertiary/aromatic N) is 3. The second-order valence-corrected chi connectivity index (χ2v) is 14.6. The number of rotatable bonds is 11. The quantitative estimate of drug-likeness (QED) is 0.132. The van der Waals surface area contributed by atoms with Crippen LogP contribution in [0.15, 0.2) is 143 Å². The molecule has 5 aromatic carbocycles. The Morgan fingerprint density at radius 1 is 0.771 bits per heavy atom. The predicted molar refractivity (Wildman–Crippen MR) is 198 cm³/mol. The minimum Gasteiger partial charge on any atom is -0.344 e. The van der Waals surface area contributed by atoms with Gasteiger partial charge in [0.05, 0.1) is 38.3 Å². The van der Waals surface area contributed by atoms with Crippen LogP contribution in [0.1, 0.15) is 24.1 Å². The van der Waals surface area contributed by atoms with Gasteiger partial charge in [-0.25, -0.2) is 9.97 Å². The summed E-state index contributed by atoms with van der Waals surface area (Å²) in [5, 5.41) is 6.62. The number of carbonyl (C=O) groups excluding carboxylic acids is 2. The van der Waals surface area contributed by atoms with Gasteiger partial charge in [-0.2, -0.15) is 0 Å². The zero-order valence-corrected chi connectivity index (χ0v) is 28.4. The number of fused-ring (bicyclic) bond motifs is 2. The SMILES string of the molecule is C[C@@H](Sc1nc2ccccc2n1-c1ccccc1)C(=O)Nc1ccc2nc(SCC(=O)NC(c3ccccc3)c3ccccc3)sc2c1. The average molecular weight is 686 g/mol. The number of carbonyl (C=O) groups is 2. The first-order valence-corrected chi connectivity index (χ1v) is 18.1. The molecule has 7 nitrogen and oxygen atoms in total. The Hall–Kier alpha value is -4.90. The molecule has 238 valence electrons. The van der Waals surface area contributed by atoms with Crippen LogP contribution in [0.4, 0.5) is 5.69 Å². The Bertz CT molecular complexity index is 2150. The van der Waals surface area contributed by atoms with E-state index in [4.69, 9.17) is 9.97 Å². The van der Waals surface area contributed by atoms with Crippen molar-refractivity contribution < 1.29 is 9.59 Å². The number of imidazole rings is 1. The van der Waals surface area contributed by atoms with Crippen molar-refractivity contribution in [2.75, 3.05) is 11.1 Å². The number of nitrogens with one attached hydrogen (secondary N) is 2. The molecule has 48 heavy (non-hydrogen) atoms. The summed E-state index contributed by atoms with van der Waals surface area (Å²) in [5.74, 6) is 0.0487. The Morgan fingerprint density at radius 2 is 1.42 bits per heavy atom. The number of benzene rings is 5. The van der Waals surface area contributed by atoms with Crippen LogP contribution >= 0.6 is 34.9 Å². The van der Waals surface area contributed by atoms with Crippen LogP contribution in [0.5, 0.6) is 0 Å². The van der Waals surface area contributed by atoms with Gasteiger partial charge in [0, 0.05) is 11.4 Å². The number of aromatic nitrogens is 3. The van der Waals surface area contributed by atoms with Crippen molar-refractivity contribution in [3.8, 4) is 5.69 Å². The summed E-state index contributed by atoms with van der Waals surface area (Å²) in [6.45, 7) is 1.89. The molecule has 0 aliphatic carbocycles. The second kappa shape index (κ2) is 14.5. The van der Waals surface area contributed by atoms with E-state index in [2.05, 4.69) is 15.2 Å². The number of amides is 2. The highest BCUT2D eigenvalue weighted by atomic mass is 32.2. The van der Waals surface area contributed by atoms with Crippen LogP contribution < -0.4 is 10.6 Å². The lowest BCUT2D eigenvalue weighted by Gasteiger charge is -2.19. The highest BCUT2D eigenvalue weighted by molar-refractivity contribution is 8.01. The molecule has 10 heteroatoms. The molecule has 0 radical (unpaired) electrons. The number of hydrogen-bond donors (Lipinski definition) is 2. The molecule has 0 aliphatic rings. The Labute approximate surface area is 290 Å². The maximum Gasteiger partial charge on any atom is 0.237 e. The number of anilines is 1. The highest BCUT2D eigenvalue weighted by Crippen LogP contribution is 2.33. The third kappa shape index (κ3) is 7.16. The fourth-order valence-corrected chi connectivity index (χ4v) is 8.25. The molecule has 1 atom stereocenters. The van der Waals surface area contributed by atoms with Gasteiger partial charge in [0.25, 0.3) is 0 Å². The summed E-state index contributed by atoms with van der Waals surface area (Å²) in [4.78, 5) is 36.0. The first-order chi connectivity index (χ1) is 23.5. The fourth-order valence-electron chi connectivity index (χ4n) is 5.39. The Morgan fingerprint density at radius 3 is 2.12 bits per heavy atom. The molecular formula is C38H31N5O2S3. The summed E-state index contributed by atoms with van der Waals surface area (Å²) in [5.41, 5.74) is 6.45. The van der Waals surface area contributed by atoms with Gasteiger partial charge in [0.2, 0.25) is 11.8 Å². The maximum absolute atomic E-state index is 13.4. The number of hydrogen-bond acceptors (Lipinski definition) is 7. The van der Waals surface area contributed by atoms with Crippen molar-refractivity contribution in [3.05, 3.63) is 145 Å². The molecule has 2 N–H and O–H groups in total. The zero-order valence-electron chi connectivity index (χ0n) is 25.9. The molecule has 0 aliphatic heterocycles. The van der Waals surface area contributed by atoms with Gasteiger partial charge in [-0.15, -0.1) is 11.3 Å². The Balaban J connectivity index is 1.00. The van der Waals surface area contributed by atoms with E-state index < -0.39 is 5.25 Å². The van der Waals surface area contributed by atoms with Gasteiger partial charge in [-0.1, -0.05) is 115 Å². The lowest BCUT2D eigenvalue weighted by atomic mass is 9.99. The summed E-state index contributed by atoms with van der Waals surface area (Å²) in [6.07, 6.45) is 0. The molecular weight excluding hydrogens is 655 g/mol. The van der Waals surface area contributed by atoms with E-state index in [9.17, 15) is 9.59 Å². The third-order valence-electron chi connectivity index (χ3n) is 7.73. The topological polar surface area (TPSA) is 88.9 Å². The standard InChI is InChI=1S/C38H31N5O2S3/c1-25(47-37-40-30-19-11-12-20-32(30)43(37)29-17-9-4-10-18-29)36(45)39-28-21-22-31-33(23-28)48-38(41-31)46-24-34(44)42-35(26-13-5-2-6-14-26)27-15-7-3-8-16-27/h2-23,25,35H,24H2,1H3,(H,39,45)(H,42,44)/t25-/m1/s1. The molecule has 2 aromatic heterocycles. The molecule has 2 amide bonds. The lowest BCUT2D eigenvalue weighted by Crippen LogP contribution is -2.30. The van der Waals surface area contributed by atoms with Gasteiger partial charge < -0.3 is 10.6 Å². The van der Waals surface area contributed by atoms with Crippen LogP contribution in [0.25, 0.3) is 26.9 Å². The predicted octanol–water partition coefficient (Wildman–Crippen LogP) is 8.75. The summed E-state index contributed by atoms with van der Waals surface area (Å²) < 4.78 is 3.83. The number of thiazole rings is 1. The maximum atomic E-state index is 13.4. The first kappa shape index (κ1) is 31.7. The van der Waals surface area contributed by atoms with Gasteiger partial charge in [-0.05, 0) is 60.5 Å². The summed E-state index contributed by atoms with van der Waals surface area (Å²) >= 11 is 4.34. The molecule has 0 unspecified atom stereocenters. The van der Waals surface area contributed by atoms with Gasteiger partial charge in [0.15, 0.2) is 9.50 Å². The Kier molecular flexibility index (Phi) is 9.55. The molecule has 0 saturated carbocycles. The van der Waals surface area contributed by atoms with E-state index in [1.165, 1.54) is 34.9 Å². The minimum absolute atomic E-state index is 0.0720. The van der Waals surface area contributed by atoms with E-state index in [0.29, 0.717) is 5.69 Å². The fraction of sp³-hybridized carbons (Fsp3) is 0.105. The molecule has 0 fully saturated rings. The van der Waals surface area contributed by atoms with Crippen LogP contribution in [0.3, 0.4) is 0 Å². The van der Waals surface area contributed by atoms with E-state index >= 15 is 0 Å². The number of thioether (sulfide) groups is 2. The largest absolute Gasteiger partial charge is 0.344 e. The lowest BCUT2D eigenvalue weighted by molar-refractivity contribution is -0.119. The third-order valence-corrected chi connectivity index (χ3v) is 10.9. The minimum atomic E-state index is -0.401. The first-order valence-electron chi connectivity index (χ1n) is 15.4. The van der Waals surface area contributed by atoms with Gasteiger partial charge >= 0.3 is 0 Å². The van der Waals surface area contributed by atoms with Crippen molar-refractivity contribution in [2.45, 2.75) is 27.7 Å². The molecule has 0 spiro atoms. The van der Waals surface area contributed by atoms with Crippen molar-refractivity contribution in [3.63, 3.8) is 0 Å². The van der Waals surface area contributed by atoms with E-state index in [1.807, 2.05) is 140 Å². The summed E-state index contributed by atoms with van der Waals surface area (Å²) in [6, 6.07) is 43.5. The van der Waals surface area contributed by atoms with Crippen LogP contribution in [0, 0.1) is 0 Å². The molecule has 7 aromatic rings. The van der Waals surface area contributed by atoms with Gasteiger partial charge in [-0.3, -0.25) is 14.2 Å². The van der Waals surface area contributed by atoms with Crippen LogP contribution in [0.2, 0.25) is 0 Å². The van der Waals surface area contributed by atoms with E-state index in [0.717, 1.165) is 47.6 Å². The van der Waals surface area contributed by atoms with E-state index in [-0.39, 0.29) is 23.6 Å². The van der Waals surface area contributed by atoms with Gasteiger partial charge in [0.1, 0.15) is 0 Å². The van der Waals surface area contributed by atoms with E-state index in [1.54, 1.807) is 0 Å². The number of para-hydroxylation sites is 3. The molecule has 2 heterocycles. The van der Waals surface area contributed by atoms with Crippen LogP contribution in [-0.4, -0.2) is 37.4 Å². The smallest absolute Gasteiger partial charge is 0.237 e. The van der Waals surface area contributed by atoms with Crippen molar-refractivity contribution in [1.82, 2.24) is 19.9 Å². The second-order valence-electron chi connectivity index (χ2n) is 11.1. The zero-order chi connectivity index (χ0) is 32.9. The molecule has 0 saturated heterocycles. The van der Waals surface area contributed by atoms with Crippen molar-refractivity contribution in [1.29, 1.82) is 0 Å². The summed E-state index contributed by atoms with van der Waals surface area (Å²) in [7, 11) is 0. The molecule has 7 rings (SSSR count).